The second-order valence-corrected chi connectivity index (χ2v) is 17.9. The van der Waals surface area contributed by atoms with Crippen molar-refractivity contribution in [2.75, 3.05) is 28.4 Å². The minimum absolute atomic E-state index is 0.237. The van der Waals surface area contributed by atoms with Crippen LogP contribution < -0.4 is 23.5 Å². The zero-order valence-corrected chi connectivity index (χ0v) is 37.0. The van der Waals surface area contributed by atoms with Gasteiger partial charge < -0.3 is 27.3 Å². The van der Waals surface area contributed by atoms with Gasteiger partial charge in [-0.1, -0.05) is 109 Å². The van der Waals surface area contributed by atoms with Crippen LogP contribution in [0.2, 0.25) is 0 Å². The Hall–Kier alpha value is -7.44. The largest absolute Gasteiger partial charge is 0.496 e. The highest BCUT2D eigenvalue weighted by atomic mass is 31.1. The third kappa shape index (κ3) is 5.53. The van der Waals surface area contributed by atoms with E-state index in [9.17, 15) is 0 Å². The van der Waals surface area contributed by atoms with Crippen LogP contribution in [0.25, 0.3) is 108 Å². The molecule has 1 atom stereocenters. The van der Waals surface area contributed by atoms with Crippen LogP contribution in [0, 0.1) is 0 Å². The summed E-state index contributed by atoms with van der Waals surface area (Å²) in [5.74, 6) is 2.80. The van der Waals surface area contributed by atoms with Crippen molar-refractivity contribution in [3.05, 3.63) is 157 Å². The first-order valence-corrected chi connectivity index (χ1v) is 23.0. The number of hydrogen-bond donors (Lipinski definition) is 0. The van der Waals surface area contributed by atoms with E-state index in [4.69, 9.17) is 31.9 Å². The SMILES string of the molecule is COc1cc2c3cc(OC)c4cc(OC)c5ccc6ccc7ccccc7c6c5c4c3op(O[C@H]3CCc4ccccc43)oc2c2c1cc(OC)c1ccc3ccc4ccccc4c3c12. The second kappa shape index (κ2) is 14.5. The molecule has 0 unspecified atom stereocenters. The Morgan fingerprint density at radius 1 is 0.400 bits per heavy atom. The molecule has 0 fully saturated rings. The molecule has 7 nitrogen and oxygen atoms in total. The summed E-state index contributed by atoms with van der Waals surface area (Å²) in [6.45, 7) is 0. The van der Waals surface area contributed by atoms with E-state index in [1.54, 1.807) is 28.4 Å². The van der Waals surface area contributed by atoms with E-state index in [0.717, 1.165) is 127 Å². The van der Waals surface area contributed by atoms with Gasteiger partial charge in [0.05, 0.1) is 34.5 Å². The van der Waals surface area contributed by atoms with Gasteiger partial charge in [0.2, 0.25) is 0 Å². The van der Waals surface area contributed by atoms with E-state index in [1.165, 1.54) is 5.56 Å². The van der Waals surface area contributed by atoms with Gasteiger partial charge in [-0.25, -0.2) is 0 Å². The van der Waals surface area contributed by atoms with Crippen LogP contribution in [0.3, 0.4) is 0 Å². The van der Waals surface area contributed by atoms with Crippen LogP contribution >= 0.6 is 8.24 Å². The molecule has 0 spiro atoms. The number of rotatable bonds is 6. The van der Waals surface area contributed by atoms with Crippen molar-refractivity contribution in [3.8, 4) is 23.0 Å². The molecular formula is C57H41O7P. The van der Waals surface area contributed by atoms with Crippen molar-refractivity contribution >= 4 is 116 Å². The lowest BCUT2D eigenvalue weighted by atomic mass is 9.90. The Morgan fingerprint density at radius 3 is 1.35 bits per heavy atom. The second-order valence-electron chi connectivity index (χ2n) is 16.9. The van der Waals surface area contributed by atoms with Crippen molar-refractivity contribution in [2.45, 2.75) is 18.9 Å². The maximum atomic E-state index is 7.47. The average Bonchev–Trinajstić information content (AvgIpc) is 3.69. The molecule has 1 aliphatic carbocycles. The molecule has 0 N–H and O–H groups in total. The zero-order chi connectivity index (χ0) is 43.5. The number of fused-ring (bicyclic) bond motifs is 20. The molecule has 0 bridgehead atoms. The molecule has 1 aliphatic rings. The highest BCUT2D eigenvalue weighted by molar-refractivity contribution is 7.31. The van der Waals surface area contributed by atoms with Gasteiger partial charge in [0.1, 0.15) is 23.0 Å². The number of aryl methyl sites for hydroxylation is 1. The quantitative estimate of drug-likeness (QED) is 0.154. The first-order valence-electron chi connectivity index (χ1n) is 21.9. The summed E-state index contributed by atoms with van der Waals surface area (Å²) < 4.78 is 47.3. The van der Waals surface area contributed by atoms with E-state index in [0.29, 0.717) is 22.7 Å². The Labute approximate surface area is 373 Å². The average molecular weight is 869 g/mol. The number of benzene rings is 11. The highest BCUT2D eigenvalue weighted by Crippen LogP contribution is 2.53. The lowest BCUT2D eigenvalue weighted by Crippen LogP contribution is -2.00. The highest BCUT2D eigenvalue weighted by Gasteiger charge is 2.28. The van der Waals surface area contributed by atoms with Crippen LogP contribution in [-0.2, 0) is 6.42 Å². The Kier molecular flexibility index (Phi) is 8.52. The fraction of sp³-hybridized carbons (Fsp3) is 0.123. The standard InChI is InChI=1S/C57H41O7P/c1-58-46-29-43-48(60-3)27-41-42-28-49(61-4)44-30-47(59-2)40-25-22-35-20-18-33-13-7-10-16-38(33)51(35)53(40)55(44)57(42)64-65(62-45-26-23-31-11-5-8-14-36(31)45)63-56(41)54(43)52-39(46)24-21-34-19-17-32-12-6-9-15-37(32)50(34)52/h5-22,24-25,27-30,45H,23,26H2,1-4H3/t45-/m0/s1. The van der Waals surface area contributed by atoms with Crippen LogP contribution in [0.15, 0.2) is 154 Å². The molecule has 8 heteroatoms. The van der Waals surface area contributed by atoms with E-state index >= 15 is 0 Å². The number of methoxy groups -OCH3 is 4. The van der Waals surface area contributed by atoms with Crippen LogP contribution in [-0.4, -0.2) is 28.4 Å². The predicted molar refractivity (Wildman–Crippen MR) is 267 cm³/mol. The number of hydrogen-bond acceptors (Lipinski definition) is 7. The van der Waals surface area contributed by atoms with Gasteiger partial charge in [-0.05, 0) is 103 Å². The summed E-state index contributed by atoms with van der Waals surface area (Å²) in [7, 11) is 4.77. The smallest absolute Gasteiger partial charge is 0.388 e. The van der Waals surface area contributed by atoms with Crippen LogP contribution in [0.4, 0.5) is 0 Å². The maximum absolute atomic E-state index is 7.47. The first-order chi connectivity index (χ1) is 32.0. The summed E-state index contributed by atoms with van der Waals surface area (Å²) in [6, 6.07) is 51.3. The maximum Gasteiger partial charge on any atom is 0.388 e. The third-order valence-electron chi connectivity index (χ3n) is 13.8. The lowest BCUT2D eigenvalue weighted by Gasteiger charge is -2.17. The third-order valence-corrected chi connectivity index (χ3v) is 14.8. The molecule has 0 saturated heterocycles. The summed E-state index contributed by atoms with van der Waals surface area (Å²) >= 11 is 0. The molecule has 0 amide bonds. The van der Waals surface area contributed by atoms with Gasteiger partial charge in [-0.3, -0.25) is 4.52 Å². The van der Waals surface area contributed by atoms with E-state index in [1.807, 2.05) is 0 Å². The molecule has 316 valence electrons. The first kappa shape index (κ1) is 38.1. The Morgan fingerprint density at radius 2 is 0.831 bits per heavy atom. The van der Waals surface area contributed by atoms with E-state index in [-0.39, 0.29) is 6.10 Å². The van der Waals surface area contributed by atoms with Gasteiger partial charge in [-0.2, -0.15) is 0 Å². The fourth-order valence-electron chi connectivity index (χ4n) is 10.8. The van der Waals surface area contributed by atoms with Crippen LogP contribution in [0.5, 0.6) is 23.0 Å². The summed E-state index contributed by atoms with van der Waals surface area (Å²) in [5.41, 5.74) is 3.71. The molecule has 12 aromatic rings. The number of ether oxygens (including phenoxy) is 4. The summed E-state index contributed by atoms with van der Waals surface area (Å²) in [5, 5.41) is 17.8. The van der Waals surface area contributed by atoms with E-state index in [2.05, 4.69) is 146 Å². The molecule has 0 saturated carbocycles. The monoisotopic (exact) mass is 868 g/mol. The van der Waals surface area contributed by atoms with Crippen molar-refractivity contribution < 1.29 is 31.9 Å². The van der Waals surface area contributed by atoms with Crippen molar-refractivity contribution in [3.63, 3.8) is 0 Å². The van der Waals surface area contributed by atoms with Gasteiger partial charge in [0.25, 0.3) is 0 Å². The molecule has 13 rings (SSSR count). The molecule has 65 heavy (non-hydrogen) atoms. The predicted octanol–water partition coefficient (Wildman–Crippen LogP) is 15.7. The lowest BCUT2D eigenvalue weighted by molar-refractivity contribution is 0.264. The minimum Gasteiger partial charge on any atom is -0.496 e. The van der Waals surface area contributed by atoms with Crippen LogP contribution in [0.1, 0.15) is 23.7 Å². The molecule has 1 aromatic heterocycles. The topological polar surface area (TPSA) is 72.4 Å². The van der Waals surface area contributed by atoms with Gasteiger partial charge in [0.15, 0.2) is 11.2 Å². The van der Waals surface area contributed by atoms with Crippen molar-refractivity contribution in [1.82, 2.24) is 0 Å². The molecule has 0 radical (unpaired) electrons. The van der Waals surface area contributed by atoms with Crippen molar-refractivity contribution in [1.29, 1.82) is 0 Å². The Balaban J connectivity index is 1.31. The minimum atomic E-state index is -2.11. The van der Waals surface area contributed by atoms with Gasteiger partial charge in [0, 0.05) is 53.9 Å². The molecule has 1 heterocycles. The Bertz CT molecular complexity index is 3830. The normalized spacial score (nSPS) is 13.9. The molecular weight excluding hydrogens is 828 g/mol. The van der Waals surface area contributed by atoms with Gasteiger partial charge in [-0.15, -0.1) is 0 Å². The zero-order valence-electron chi connectivity index (χ0n) is 36.2. The molecule has 0 aliphatic heterocycles. The van der Waals surface area contributed by atoms with Crippen molar-refractivity contribution in [2.24, 2.45) is 0 Å². The van der Waals surface area contributed by atoms with Gasteiger partial charge >= 0.3 is 8.24 Å². The summed E-state index contributed by atoms with van der Waals surface area (Å²) in [4.78, 5) is 0. The molecule has 11 aromatic carbocycles. The fourth-order valence-corrected chi connectivity index (χ4v) is 12.1. The summed E-state index contributed by atoms with van der Waals surface area (Å²) in [6.07, 6.45) is 1.48. The van der Waals surface area contributed by atoms with E-state index < -0.39 is 8.24 Å².